The minimum Gasteiger partial charge on any atom is -0.493 e. The van der Waals surface area contributed by atoms with E-state index in [-0.39, 0.29) is 5.92 Å². The van der Waals surface area contributed by atoms with Gasteiger partial charge in [0.05, 0.1) is 27.2 Å². The molecule has 10 nitrogen and oxygen atoms in total. The average molecular weight is 453 g/mol. The van der Waals surface area contributed by atoms with E-state index >= 15 is 0 Å². The SMILES string of the molecule is COc1cc(CN2CCCC(C(=O)N3CCCC3)C2)cc(OC)c1OC.O=C(O)C(=O)O. The first-order chi connectivity index (χ1) is 15.3. The second-order valence-corrected chi connectivity index (χ2v) is 7.75. The van der Waals surface area contributed by atoms with Crippen LogP contribution in [-0.2, 0) is 20.9 Å². The summed E-state index contributed by atoms with van der Waals surface area (Å²) in [5, 5.41) is 14.8. The molecule has 0 bridgehead atoms. The molecular formula is C22H32N2O8. The zero-order valence-electron chi connectivity index (χ0n) is 18.8. The van der Waals surface area contributed by atoms with Crippen molar-refractivity contribution in [2.24, 2.45) is 5.92 Å². The maximum absolute atomic E-state index is 12.7. The van der Waals surface area contributed by atoms with Gasteiger partial charge >= 0.3 is 11.9 Å². The Labute approximate surface area is 187 Å². The summed E-state index contributed by atoms with van der Waals surface area (Å²) >= 11 is 0. The number of hydrogen-bond acceptors (Lipinski definition) is 7. The zero-order chi connectivity index (χ0) is 23.7. The fourth-order valence-corrected chi connectivity index (χ4v) is 4.08. The summed E-state index contributed by atoms with van der Waals surface area (Å²) in [5.41, 5.74) is 1.11. The highest BCUT2D eigenvalue weighted by molar-refractivity contribution is 6.27. The molecule has 10 heteroatoms. The Morgan fingerprint density at radius 3 is 1.94 bits per heavy atom. The number of rotatable bonds is 6. The number of carboxylic acid groups (broad SMARTS) is 2. The zero-order valence-corrected chi connectivity index (χ0v) is 18.8. The third-order valence-electron chi connectivity index (χ3n) is 5.59. The molecule has 0 aliphatic carbocycles. The summed E-state index contributed by atoms with van der Waals surface area (Å²) in [6.45, 7) is 4.48. The number of benzene rings is 1. The van der Waals surface area contributed by atoms with Crippen molar-refractivity contribution < 1.29 is 38.8 Å². The van der Waals surface area contributed by atoms with Crippen molar-refractivity contribution in [3.05, 3.63) is 17.7 Å². The van der Waals surface area contributed by atoms with Gasteiger partial charge in [-0.3, -0.25) is 9.69 Å². The lowest BCUT2D eigenvalue weighted by Gasteiger charge is -2.34. The van der Waals surface area contributed by atoms with Crippen LogP contribution in [0.2, 0.25) is 0 Å². The fraction of sp³-hybridized carbons (Fsp3) is 0.591. The minimum absolute atomic E-state index is 0.129. The first kappa shape index (κ1) is 25.3. The summed E-state index contributed by atoms with van der Waals surface area (Å²) < 4.78 is 16.3. The molecule has 2 heterocycles. The van der Waals surface area contributed by atoms with E-state index in [2.05, 4.69) is 4.90 Å². The molecule has 1 atom stereocenters. The van der Waals surface area contributed by atoms with Crippen molar-refractivity contribution in [3.63, 3.8) is 0 Å². The van der Waals surface area contributed by atoms with Crippen LogP contribution in [0.25, 0.3) is 0 Å². The lowest BCUT2D eigenvalue weighted by Crippen LogP contribution is -2.43. The number of carbonyl (C=O) groups is 3. The Morgan fingerprint density at radius 1 is 0.906 bits per heavy atom. The van der Waals surface area contributed by atoms with E-state index in [1.807, 2.05) is 17.0 Å². The van der Waals surface area contributed by atoms with E-state index in [9.17, 15) is 4.79 Å². The Morgan fingerprint density at radius 2 is 1.47 bits per heavy atom. The second kappa shape index (κ2) is 12.1. The number of carbonyl (C=O) groups excluding carboxylic acids is 1. The number of aliphatic carboxylic acids is 2. The molecule has 0 radical (unpaired) electrons. The molecule has 2 N–H and O–H groups in total. The van der Waals surface area contributed by atoms with Gasteiger partial charge in [-0.25, -0.2) is 9.59 Å². The van der Waals surface area contributed by atoms with Crippen LogP contribution in [0.15, 0.2) is 12.1 Å². The van der Waals surface area contributed by atoms with Crippen LogP contribution in [0.3, 0.4) is 0 Å². The van der Waals surface area contributed by atoms with Gasteiger partial charge in [0.15, 0.2) is 11.5 Å². The van der Waals surface area contributed by atoms with Crippen LogP contribution in [0, 0.1) is 5.92 Å². The van der Waals surface area contributed by atoms with Crippen LogP contribution in [0.5, 0.6) is 17.2 Å². The van der Waals surface area contributed by atoms with E-state index in [4.69, 9.17) is 34.0 Å². The maximum atomic E-state index is 12.7. The second-order valence-electron chi connectivity index (χ2n) is 7.75. The molecule has 32 heavy (non-hydrogen) atoms. The van der Waals surface area contributed by atoms with Crippen LogP contribution < -0.4 is 14.2 Å². The summed E-state index contributed by atoms with van der Waals surface area (Å²) in [5.74, 6) is -1.22. The molecule has 2 aliphatic heterocycles. The number of carboxylic acids is 2. The van der Waals surface area contributed by atoms with Gasteiger partial charge in [-0.05, 0) is 49.9 Å². The number of likely N-dealkylation sites (tertiary alicyclic amines) is 2. The van der Waals surface area contributed by atoms with Crippen LogP contribution in [0.4, 0.5) is 0 Å². The number of hydrogen-bond donors (Lipinski definition) is 2. The summed E-state index contributed by atoms with van der Waals surface area (Å²) in [4.78, 5) is 35.3. The molecule has 1 aromatic carbocycles. The third kappa shape index (κ3) is 6.74. The lowest BCUT2D eigenvalue weighted by atomic mass is 9.96. The fourth-order valence-electron chi connectivity index (χ4n) is 4.08. The highest BCUT2D eigenvalue weighted by atomic mass is 16.5. The highest BCUT2D eigenvalue weighted by Crippen LogP contribution is 2.38. The molecular weight excluding hydrogens is 420 g/mol. The first-order valence-electron chi connectivity index (χ1n) is 10.6. The van der Waals surface area contributed by atoms with E-state index in [1.165, 1.54) is 0 Å². The predicted molar refractivity (Wildman–Crippen MR) is 115 cm³/mol. The maximum Gasteiger partial charge on any atom is 0.414 e. The van der Waals surface area contributed by atoms with Crippen LogP contribution in [0.1, 0.15) is 31.2 Å². The van der Waals surface area contributed by atoms with Gasteiger partial charge < -0.3 is 29.3 Å². The van der Waals surface area contributed by atoms with E-state index in [0.717, 1.165) is 64.0 Å². The standard InChI is InChI=1S/C20H30N2O4.C2H2O4/c1-24-17-11-15(12-18(25-2)19(17)26-3)13-21-8-6-7-16(14-21)20(23)22-9-4-5-10-22;3-1(4)2(5)6/h11-12,16H,4-10,13-14H2,1-3H3;(H,3,4)(H,5,6). The number of amides is 1. The third-order valence-corrected chi connectivity index (χ3v) is 5.59. The Bertz CT molecular complexity index is 770. The quantitative estimate of drug-likeness (QED) is 0.620. The van der Waals surface area contributed by atoms with Gasteiger partial charge in [0, 0.05) is 26.2 Å². The molecule has 0 saturated carbocycles. The average Bonchev–Trinajstić information content (AvgIpc) is 3.33. The number of methoxy groups -OCH3 is 3. The number of ether oxygens (including phenoxy) is 3. The van der Waals surface area contributed by atoms with Crippen molar-refractivity contribution >= 4 is 17.8 Å². The first-order valence-corrected chi connectivity index (χ1v) is 10.6. The molecule has 1 unspecified atom stereocenters. The van der Waals surface area contributed by atoms with Gasteiger partial charge in [0.1, 0.15) is 0 Å². The Hall–Kier alpha value is -3.01. The molecule has 0 aromatic heterocycles. The van der Waals surface area contributed by atoms with Gasteiger partial charge in [0.25, 0.3) is 0 Å². The molecule has 1 aromatic rings. The minimum atomic E-state index is -1.82. The Kier molecular flexibility index (Phi) is 9.58. The smallest absolute Gasteiger partial charge is 0.414 e. The van der Waals surface area contributed by atoms with Crippen molar-refractivity contribution in [3.8, 4) is 17.2 Å². The van der Waals surface area contributed by atoms with Gasteiger partial charge in [-0.2, -0.15) is 0 Å². The molecule has 1 amide bonds. The van der Waals surface area contributed by atoms with Crippen molar-refractivity contribution in [1.82, 2.24) is 9.80 Å². The topological polar surface area (TPSA) is 126 Å². The highest BCUT2D eigenvalue weighted by Gasteiger charge is 2.30. The van der Waals surface area contributed by atoms with E-state index in [0.29, 0.717) is 23.2 Å². The van der Waals surface area contributed by atoms with Gasteiger partial charge in [-0.1, -0.05) is 0 Å². The Balaban J connectivity index is 0.000000534. The normalized spacial score (nSPS) is 18.3. The largest absolute Gasteiger partial charge is 0.493 e. The monoisotopic (exact) mass is 452 g/mol. The van der Waals surface area contributed by atoms with Crippen LogP contribution >= 0.6 is 0 Å². The van der Waals surface area contributed by atoms with Crippen molar-refractivity contribution in [2.75, 3.05) is 47.5 Å². The molecule has 2 saturated heterocycles. The van der Waals surface area contributed by atoms with E-state index < -0.39 is 11.9 Å². The molecule has 2 aliphatic rings. The lowest BCUT2D eigenvalue weighted by molar-refractivity contribution is -0.159. The van der Waals surface area contributed by atoms with Crippen LogP contribution in [-0.4, -0.2) is 85.4 Å². The molecule has 2 fully saturated rings. The van der Waals surface area contributed by atoms with E-state index in [1.54, 1.807) is 21.3 Å². The van der Waals surface area contributed by atoms with Gasteiger partial charge in [-0.15, -0.1) is 0 Å². The number of nitrogens with zero attached hydrogens (tertiary/aromatic N) is 2. The van der Waals surface area contributed by atoms with Crippen molar-refractivity contribution in [1.29, 1.82) is 0 Å². The summed E-state index contributed by atoms with van der Waals surface area (Å²) in [6, 6.07) is 3.99. The molecule has 178 valence electrons. The number of piperidine rings is 1. The molecule has 3 rings (SSSR count). The van der Waals surface area contributed by atoms with Gasteiger partial charge in [0.2, 0.25) is 11.7 Å². The summed E-state index contributed by atoms with van der Waals surface area (Å²) in [6.07, 6.45) is 4.36. The van der Waals surface area contributed by atoms with Crippen molar-refractivity contribution in [2.45, 2.75) is 32.2 Å². The summed E-state index contributed by atoms with van der Waals surface area (Å²) in [7, 11) is 4.87. The predicted octanol–water partition coefficient (Wildman–Crippen LogP) is 1.70. The molecule has 0 spiro atoms.